The van der Waals surface area contributed by atoms with E-state index in [1.807, 2.05) is 54.6 Å². The van der Waals surface area contributed by atoms with Gasteiger partial charge in [0.1, 0.15) is 17.6 Å². The van der Waals surface area contributed by atoms with Gasteiger partial charge in [0.2, 0.25) is 0 Å². The second kappa shape index (κ2) is 17.8. The smallest absolute Gasteiger partial charge is 0.546 e. The number of aromatic nitrogens is 1. The summed E-state index contributed by atoms with van der Waals surface area (Å²) < 4.78 is 14.1. The van der Waals surface area contributed by atoms with Crippen LogP contribution in [0, 0.1) is 6.92 Å². The van der Waals surface area contributed by atoms with Crippen LogP contribution in [0.3, 0.4) is 0 Å². The number of unbranched alkanes of at least 4 members (excludes halogenated alkanes) is 4. The van der Waals surface area contributed by atoms with Gasteiger partial charge in [0.15, 0.2) is 0 Å². The molecule has 4 aromatic rings. The summed E-state index contributed by atoms with van der Waals surface area (Å²) in [4.78, 5) is 11.7. The van der Waals surface area contributed by atoms with Gasteiger partial charge in [-0.1, -0.05) is 75.1 Å². The molecule has 3 aromatic carbocycles. The molecule has 0 aliphatic carbocycles. The Bertz CT molecular complexity index is 1330. The van der Waals surface area contributed by atoms with Crippen LogP contribution in [-0.4, -0.2) is 23.2 Å². The molecule has 0 bridgehead atoms. The van der Waals surface area contributed by atoms with Crippen molar-refractivity contribution in [2.24, 2.45) is 0 Å². The summed E-state index contributed by atoms with van der Waals surface area (Å²) in [6, 6.07) is 29.8. The number of hydrogen-bond acceptors (Lipinski definition) is 4. The number of hydrogen-bond donors (Lipinski definition) is 0. The zero-order valence-corrected chi connectivity index (χ0v) is 27.4. The maximum atomic E-state index is 11.7. The summed E-state index contributed by atoms with van der Waals surface area (Å²) in [5.41, 5.74) is 5.61. The Kier molecular flexibility index (Phi) is 14.2. The molecule has 0 radical (unpaired) electrons. The van der Waals surface area contributed by atoms with Crippen LogP contribution in [0.15, 0.2) is 91.0 Å². The van der Waals surface area contributed by atoms with Crippen molar-refractivity contribution in [3.63, 3.8) is 0 Å². The zero-order chi connectivity index (χ0) is 28.9. The van der Waals surface area contributed by atoms with Gasteiger partial charge in [0.05, 0.1) is 12.6 Å². The molecule has 0 saturated carbocycles. The van der Waals surface area contributed by atoms with Crippen LogP contribution in [0.4, 0.5) is 0 Å². The Hall–Kier alpha value is -2.99. The molecule has 216 valence electrons. The van der Waals surface area contributed by atoms with Gasteiger partial charge < -0.3 is 23.9 Å². The van der Waals surface area contributed by atoms with Crippen molar-refractivity contribution in [1.29, 1.82) is 0 Å². The number of nitrogens with zero attached hydrogens (tertiary/aromatic N) is 1. The number of aryl methyl sites for hydroxylation is 2. The minimum absolute atomic E-state index is 0. The van der Waals surface area contributed by atoms with Gasteiger partial charge in [-0.3, -0.25) is 0 Å². The standard InChI is InChI=1S/C36H43NO4.Na/c1-3-4-5-6-8-12-29-16-20-32(21-17-29)40-26-11-25-37-28(2)15-24-34(37)31-18-22-33(23-19-31)41-35(36(38)39)27-30-13-9-7-10-14-30;/h7,9-10,13-24,35H,3-6,8,11-12,25-27H2,1-2H3,(H,38,39);/q;+1/p-1/t35-;/m1./s1. The predicted octanol–water partition coefficient (Wildman–Crippen LogP) is 4.19. The average Bonchev–Trinajstić information content (AvgIpc) is 3.36. The summed E-state index contributed by atoms with van der Waals surface area (Å²) in [6.07, 6.45) is 7.73. The molecule has 1 aromatic heterocycles. The Morgan fingerprint density at radius 2 is 1.48 bits per heavy atom. The van der Waals surface area contributed by atoms with Crippen molar-refractivity contribution in [2.75, 3.05) is 6.61 Å². The fraction of sp³-hybridized carbons (Fsp3) is 0.361. The molecule has 0 fully saturated rings. The largest absolute Gasteiger partial charge is 1.00 e. The van der Waals surface area contributed by atoms with Gasteiger partial charge in [0.25, 0.3) is 0 Å². The molecule has 0 saturated heterocycles. The fourth-order valence-corrected chi connectivity index (χ4v) is 5.09. The minimum atomic E-state index is -1.22. The maximum Gasteiger partial charge on any atom is 1.00 e. The van der Waals surface area contributed by atoms with Crippen molar-refractivity contribution >= 4 is 5.97 Å². The second-order valence-electron chi connectivity index (χ2n) is 10.7. The summed E-state index contributed by atoms with van der Waals surface area (Å²) in [7, 11) is 0. The molecule has 0 unspecified atom stereocenters. The number of carboxylic acid groups (broad SMARTS) is 1. The first kappa shape index (κ1) is 33.5. The van der Waals surface area contributed by atoms with Crippen LogP contribution < -0.4 is 44.1 Å². The zero-order valence-electron chi connectivity index (χ0n) is 25.4. The number of benzene rings is 3. The third-order valence-corrected chi connectivity index (χ3v) is 7.44. The van der Waals surface area contributed by atoms with E-state index in [1.165, 1.54) is 43.4 Å². The van der Waals surface area contributed by atoms with E-state index in [2.05, 4.69) is 54.8 Å². The average molecular weight is 576 g/mol. The molecule has 4 rings (SSSR count). The van der Waals surface area contributed by atoms with E-state index in [0.29, 0.717) is 12.4 Å². The monoisotopic (exact) mass is 575 g/mol. The molecule has 1 heterocycles. The Balaban J connectivity index is 0.00000484. The number of ether oxygens (including phenoxy) is 2. The summed E-state index contributed by atoms with van der Waals surface area (Å²) in [5, 5.41) is 11.7. The molecule has 0 N–H and O–H groups in total. The van der Waals surface area contributed by atoms with Gasteiger partial charge in [-0.15, -0.1) is 0 Å². The molecule has 6 heteroatoms. The second-order valence-corrected chi connectivity index (χ2v) is 10.7. The number of carbonyl (C=O) groups is 1. The fourth-order valence-electron chi connectivity index (χ4n) is 5.09. The molecule has 5 nitrogen and oxygen atoms in total. The van der Waals surface area contributed by atoms with Crippen molar-refractivity contribution in [3.8, 4) is 22.8 Å². The maximum absolute atomic E-state index is 11.7. The quantitative estimate of drug-likeness (QED) is 0.140. The van der Waals surface area contributed by atoms with Crippen LogP contribution in [0.5, 0.6) is 11.5 Å². The number of carboxylic acids is 1. The van der Waals surface area contributed by atoms with Gasteiger partial charge in [-0.2, -0.15) is 0 Å². The Morgan fingerprint density at radius 1 is 0.786 bits per heavy atom. The number of aliphatic carboxylic acids is 1. The number of rotatable bonds is 17. The Morgan fingerprint density at radius 3 is 2.17 bits per heavy atom. The first-order chi connectivity index (χ1) is 20.0. The van der Waals surface area contributed by atoms with Crippen molar-refractivity contribution < 1.29 is 48.9 Å². The number of carbonyl (C=O) groups excluding carboxylic acids is 1. The van der Waals surface area contributed by atoms with Crippen LogP contribution in [0.2, 0.25) is 0 Å². The SMILES string of the molecule is CCCCCCCc1ccc(OCCCn2c(C)ccc2-c2ccc(O[C@H](Cc3ccccc3)C(=O)[O-])cc2)cc1.[Na+]. The van der Waals surface area contributed by atoms with Crippen LogP contribution in [0.25, 0.3) is 11.3 Å². The van der Waals surface area contributed by atoms with E-state index in [-0.39, 0.29) is 36.0 Å². The van der Waals surface area contributed by atoms with Crippen molar-refractivity contribution in [1.82, 2.24) is 4.57 Å². The molecule has 0 spiro atoms. The normalized spacial score (nSPS) is 11.5. The summed E-state index contributed by atoms with van der Waals surface area (Å²) in [5.74, 6) is 0.199. The topological polar surface area (TPSA) is 63.5 Å². The van der Waals surface area contributed by atoms with E-state index in [4.69, 9.17) is 9.47 Å². The molecule has 1 atom stereocenters. The van der Waals surface area contributed by atoms with E-state index in [0.717, 1.165) is 42.0 Å². The van der Waals surface area contributed by atoms with Gasteiger partial charge >= 0.3 is 29.6 Å². The first-order valence-corrected chi connectivity index (χ1v) is 14.9. The third-order valence-electron chi connectivity index (χ3n) is 7.44. The van der Waals surface area contributed by atoms with Crippen LogP contribution >= 0.6 is 0 Å². The molecule has 0 amide bonds. The predicted molar refractivity (Wildman–Crippen MR) is 163 cm³/mol. The van der Waals surface area contributed by atoms with Crippen LogP contribution in [-0.2, 0) is 24.2 Å². The molecule has 0 aliphatic heterocycles. The summed E-state index contributed by atoms with van der Waals surface area (Å²) >= 11 is 0. The molecular formula is C36H42NNaO4. The van der Waals surface area contributed by atoms with E-state index < -0.39 is 12.1 Å². The molecule has 42 heavy (non-hydrogen) atoms. The van der Waals surface area contributed by atoms with Crippen molar-refractivity contribution in [2.45, 2.75) is 77.9 Å². The van der Waals surface area contributed by atoms with E-state index in [1.54, 1.807) is 0 Å². The Labute approximate surface area is 273 Å². The molecule has 0 aliphatic rings. The van der Waals surface area contributed by atoms with Crippen molar-refractivity contribution in [3.05, 3.63) is 108 Å². The van der Waals surface area contributed by atoms with E-state index >= 15 is 0 Å². The first-order valence-electron chi connectivity index (χ1n) is 14.9. The van der Waals surface area contributed by atoms with Gasteiger partial charge in [-0.05, 0) is 91.4 Å². The van der Waals surface area contributed by atoms with Gasteiger partial charge in [-0.25, -0.2) is 0 Å². The molecular weight excluding hydrogens is 533 g/mol. The third kappa shape index (κ3) is 10.4. The minimum Gasteiger partial charge on any atom is -0.546 e. The van der Waals surface area contributed by atoms with E-state index in [9.17, 15) is 9.90 Å². The van der Waals surface area contributed by atoms with Crippen LogP contribution in [0.1, 0.15) is 62.3 Å². The summed E-state index contributed by atoms with van der Waals surface area (Å²) in [6.45, 7) is 5.84. The van der Waals surface area contributed by atoms with Gasteiger partial charge in [0, 0.05) is 24.4 Å².